The van der Waals surface area contributed by atoms with E-state index in [9.17, 15) is 4.79 Å². The van der Waals surface area contributed by atoms with Crippen LogP contribution >= 0.6 is 0 Å². The number of hydrogen-bond donors (Lipinski definition) is 1. The Morgan fingerprint density at radius 2 is 2.19 bits per heavy atom. The van der Waals surface area contributed by atoms with Crippen molar-refractivity contribution in [3.8, 4) is 0 Å². The van der Waals surface area contributed by atoms with Gasteiger partial charge in [0.25, 0.3) is 0 Å². The summed E-state index contributed by atoms with van der Waals surface area (Å²) in [5.74, 6) is 0.906. The summed E-state index contributed by atoms with van der Waals surface area (Å²) in [6.07, 6.45) is 3.87. The maximum atomic E-state index is 12.7. The Morgan fingerprint density at radius 3 is 2.71 bits per heavy atom. The van der Waals surface area contributed by atoms with Gasteiger partial charge in [0, 0.05) is 31.0 Å². The van der Waals surface area contributed by atoms with E-state index in [0.717, 1.165) is 29.8 Å². The van der Waals surface area contributed by atoms with Crippen molar-refractivity contribution >= 4 is 5.91 Å². The van der Waals surface area contributed by atoms with E-state index in [1.54, 1.807) is 7.11 Å². The molecule has 0 aromatic carbocycles. The predicted molar refractivity (Wildman–Crippen MR) is 82.2 cm³/mol. The van der Waals surface area contributed by atoms with Gasteiger partial charge in [-0.2, -0.15) is 5.10 Å². The number of nitrogens with one attached hydrogen (secondary N) is 1. The monoisotopic (exact) mass is 293 g/mol. The van der Waals surface area contributed by atoms with Crippen molar-refractivity contribution in [2.45, 2.75) is 52.5 Å². The molecule has 21 heavy (non-hydrogen) atoms. The number of nitrogens with zero attached hydrogens (tertiary/aromatic N) is 2. The molecule has 2 atom stereocenters. The zero-order chi connectivity index (χ0) is 15.4. The summed E-state index contributed by atoms with van der Waals surface area (Å²) in [5, 5.41) is 7.14. The molecule has 1 aliphatic carbocycles. The number of ether oxygens (including phenoxy) is 1. The highest BCUT2D eigenvalue weighted by Crippen LogP contribution is 2.29. The van der Waals surface area contributed by atoms with E-state index >= 15 is 0 Å². The van der Waals surface area contributed by atoms with Crippen LogP contribution in [-0.2, 0) is 16.0 Å². The molecular weight excluding hydrogens is 266 g/mol. The van der Waals surface area contributed by atoms with Crippen LogP contribution in [-0.4, -0.2) is 47.3 Å². The van der Waals surface area contributed by atoms with Crippen molar-refractivity contribution in [3.05, 3.63) is 17.0 Å². The molecule has 1 aromatic rings. The van der Waals surface area contributed by atoms with Gasteiger partial charge in [-0.3, -0.25) is 9.89 Å². The van der Waals surface area contributed by atoms with Crippen LogP contribution in [0.15, 0.2) is 0 Å². The standard InChI is InChI=1S/C16H27N3O2/c1-11-5-6-14(9-11)19(7-8-21-4)16(20)10-15-12(2)17-18-13(15)3/h11,14H,5-10H2,1-4H3,(H,17,18)/t11-,14+/m1/s1. The van der Waals surface area contributed by atoms with Crippen molar-refractivity contribution in [3.63, 3.8) is 0 Å². The van der Waals surface area contributed by atoms with Crippen LogP contribution in [0, 0.1) is 19.8 Å². The quantitative estimate of drug-likeness (QED) is 0.875. The van der Waals surface area contributed by atoms with Crippen LogP contribution in [0.25, 0.3) is 0 Å². The Balaban J connectivity index is 2.07. The Hall–Kier alpha value is -1.36. The fraction of sp³-hybridized carbons (Fsp3) is 0.750. The van der Waals surface area contributed by atoms with Gasteiger partial charge in [0.2, 0.25) is 5.91 Å². The minimum Gasteiger partial charge on any atom is -0.383 e. The first kappa shape index (κ1) is 16.0. The summed E-state index contributed by atoms with van der Waals surface area (Å²) in [7, 11) is 1.68. The fourth-order valence-corrected chi connectivity index (χ4v) is 3.25. The molecule has 0 unspecified atom stereocenters. The minimum absolute atomic E-state index is 0.193. The van der Waals surface area contributed by atoms with E-state index in [1.165, 1.54) is 6.42 Å². The second-order valence-electron chi connectivity index (χ2n) is 6.24. The lowest BCUT2D eigenvalue weighted by Crippen LogP contribution is -2.42. The second-order valence-corrected chi connectivity index (χ2v) is 6.24. The van der Waals surface area contributed by atoms with E-state index in [2.05, 4.69) is 17.1 Å². The van der Waals surface area contributed by atoms with Gasteiger partial charge in [-0.25, -0.2) is 0 Å². The van der Waals surface area contributed by atoms with Gasteiger partial charge < -0.3 is 9.64 Å². The van der Waals surface area contributed by atoms with E-state index in [1.807, 2.05) is 18.7 Å². The molecule has 1 N–H and O–H groups in total. The number of aromatic nitrogens is 2. The normalized spacial score (nSPS) is 21.7. The number of methoxy groups -OCH3 is 1. The molecule has 1 heterocycles. The van der Waals surface area contributed by atoms with Crippen molar-refractivity contribution in [2.75, 3.05) is 20.3 Å². The SMILES string of the molecule is COCCN(C(=O)Cc1c(C)n[nH]c1C)[C@H]1CC[C@@H](C)C1. The molecule has 0 bridgehead atoms. The molecule has 5 heteroatoms. The van der Waals surface area contributed by atoms with Crippen LogP contribution in [0.3, 0.4) is 0 Å². The summed E-state index contributed by atoms with van der Waals surface area (Å²) in [5.41, 5.74) is 2.95. The summed E-state index contributed by atoms with van der Waals surface area (Å²) < 4.78 is 5.18. The number of amides is 1. The third kappa shape index (κ3) is 3.84. The summed E-state index contributed by atoms with van der Waals surface area (Å²) in [6.45, 7) is 7.47. The third-order valence-corrected chi connectivity index (χ3v) is 4.57. The molecule has 118 valence electrons. The Bertz CT molecular complexity index is 464. The van der Waals surface area contributed by atoms with Crippen LogP contribution in [0.2, 0.25) is 0 Å². The van der Waals surface area contributed by atoms with E-state index in [4.69, 9.17) is 4.74 Å². The molecule has 0 spiro atoms. The highest BCUT2D eigenvalue weighted by molar-refractivity contribution is 5.79. The highest BCUT2D eigenvalue weighted by atomic mass is 16.5. The summed E-state index contributed by atoms with van der Waals surface area (Å²) in [4.78, 5) is 14.8. The first-order valence-electron chi connectivity index (χ1n) is 7.81. The van der Waals surface area contributed by atoms with Crippen LogP contribution < -0.4 is 0 Å². The van der Waals surface area contributed by atoms with Crippen molar-refractivity contribution in [1.29, 1.82) is 0 Å². The van der Waals surface area contributed by atoms with Gasteiger partial charge in [0.1, 0.15) is 0 Å². The number of carbonyl (C=O) groups excluding carboxylic acids is 1. The largest absolute Gasteiger partial charge is 0.383 e. The molecule has 1 amide bonds. The average Bonchev–Trinajstić information content (AvgIpc) is 3.00. The molecule has 1 aliphatic rings. The Morgan fingerprint density at radius 1 is 1.43 bits per heavy atom. The smallest absolute Gasteiger partial charge is 0.227 e. The Kier molecular flexibility index (Phi) is 5.39. The second kappa shape index (κ2) is 7.07. The molecule has 2 rings (SSSR count). The van der Waals surface area contributed by atoms with Gasteiger partial charge in [0.15, 0.2) is 0 Å². The summed E-state index contributed by atoms with van der Waals surface area (Å²) >= 11 is 0. The molecule has 1 saturated carbocycles. The predicted octanol–water partition coefficient (Wildman–Crippen LogP) is 2.23. The molecule has 5 nitrogen and oxygen atoms in total. The minimum atomic E-state index is 0.193. The summed E-state index contributed by atoms with van der Waals surface area (Å²) in [6, 6.07) is 0.371. The molecule has 1 aromatic heterocycles. The first-order valence-corrected chi connectivity index (χ1v) is 7.81. The van der Waals surface area contributed by atoms with Gasteiger partial charge in [0.05, 0.1) is 18.7 Å². The van der Waals surface area contributed by atoms with Crippen molar-refractivity contribution < 1.29 is 9.53 Å². The lowest BCUT2D eigenvalue weighted by molar-refractivity contribution is -0.133. The number of rotatable bonds is 6. The van der Waals surface area contributed by atoms with E-state index in [0.29, 0.717) is 31.5 Å². The zero-order valence-electron chi connectivity index (χ0n) is 13.6. The number of aromatic amines is 1. The topological polar surface area (TPSA) is 58.2 Å². The Labute approximate surface area is 127 Å². The van der Waals surface area contributed by atoms with Gasteiger partial charge in [-0.1, -0.05) is 6.92 Å². The maximum absolute atomic E-state index is 12.7. The van der Waals surface area contributed by atoms with Gasteiger partial charge in [-0.15, -0.1) is 0 Å². The van der Waals surface area contributed by atoms with Crippen LogP contribution in [0.5, 0.6) is 0 Å². The van der Waals surface area contributed by atoms with Crippen molar-refractivity contribution in [2.24, 2.45) is 5.92 Å². The fourth-order valence-electron chi connectivity index (χ4n) is 3.25. The maximum Gasteiger partial charge on any atom is 0.227 e. The highest BCUT2D eigenvalue weighted by Gasteiger charge is 2.30. The molecular formula is C16H27N3O2. The number of carbonyl (C=O) groups is 1. The lowest BCUT2D eigenvalue weighted by Gasteiger charge is -2.29. The van der Waals surface area contributed by atoms with Crippen molar-refractivity contribution in [1.82, 2.24) is 15.1 Å². The van der Waals surface area contributed by atoms with E-state index < -0.39 is 0 Å². The zero-order valence-corrected chi connectivity index (χ0v) is 13.6. The molecule has 0 saturated heterocycles. The lowest BCUT2D eigenvalue weighted by atomic mass is 10.1. The molecule has 0 aliphatic heterocycles. The number of aryl methyl sites for hydroxylation is 2. The van der Waals surface area contributed by atoms with Crippen LogP contribution in [0.4, 0.5) is 0 Å². The first-order chi connectivity index (χ1) is 10.0. The average molecular weight is 293 g/mol. The molecule has 1 fully saturated rings. The molecule has 0 radical (unpaired) electrons. The van der Waals surface area contributed by atoms with Gasteiger partial charge >= 0.3 is 0 Å². The number of hydrogen-bond acceptors (Lipinski definition) is 3. The van der Waals surface area contributed by atoms with E-state index in [-0.39, 0.29) is 5.91 Å². The van der Waals surface area contributed by atoms with Gasteiger partial charge in [-0.05, 0) is 39.0 Å². The third-order valence-electron chi connectivity index (χ3n) is 4.57. The number of H-pyrrole nitrogens is 1. The van der Waals surface area contributed by atoms with Crippen LogP contribution in [0.1, 0.15) is 43.1 Å².